The summed E-state index contributed by atoms with van der Waals surface area (Å²) in [6, 6.07) is 2.81. The molecule has 1 aromatic rings. The molecule has 2 atom stereocenters. The lowest BCUT2D eigenvalue weighted by atomic mass is 9.96. The third-order valence-electron chi connectivity index (χ3n) is 5.08. The highest BCUT2D eigenvalue weighted by Gasteiger charge is 2.34. The number of alkyl halides is 3. The van der Waals surface area contributed by atoms with E-state index in [4.69, 9.17) is 11.6 Å². The molecule has 0 spiro atoms. The van der Waals surface area contributed by atoms with E-state index in [2.05, 4.69) is 10.6 Å². The van der Waals surface area contributed by atoms with Gasteiger partial charge in [-0.2, -0.15) is 13.2 Å². The maximum absolute atomic E-state index is 13.0. The van der Waals surface area contributed by atoms with Crippen LogP contribution in [0.2, 0.25) is 5.02 Å². The lowest BCUT2D eigenvalue weighted by Crippen LogP contribution is -2.49. The Kier molecular flexibility index (Phi) is 8.34. The van der Waals surface area contributed by atoms with Crippen LogP contribution in [0, 0.1) is 5.92 Å². The fraction of sp³-hybridized carbons (Fsp3) is 0.600. The van der Waals surface area contributed by atoms with Crippen LogP contribution in [0.4, 0.5) is 18.9 Å². The Morgan fingerprint density at radius 3 is 2.72 bits per heavy atom. The molecule has 1 aliphatic rings. The molecule has 2 N–H and O–H groups in total. The fourth-order valence-electron chi connectivity index (χ4n) is 3.42. The molecule has 0 aromatic heterocycles. The minimum absolute atomic E-state index is 0.0265. The largest absolute Gasteiger partial charge is 0.417 e. The van der Waals surface area contributed by atoms with E-state index in [0.717, 1.165) is 37.9 Å². The minimum Gasteiger partial charge on any atom is -0.356 e. The van der Waals surface area contributed by atoms with Gasteiger partial charge in [0.1, 0.15) is 0 Å². The second kappa shape index (κ2) is 10.3. The van der Waals surface area contributed by atoms with Crippen molar-refractivity contribution in [2.45, 2.75) is 51.7 Å². The minimum atomic E-state index is -4.59. The number of hydrogen-bond acceptors (Lipinski definition) is 3. The zero-order valence-corrected chi connectivity index (χ0v) is 17.4. The molecular formula is C20H27ClF3N3O2. The number of nitrogens with one attached hydrogen (secondary N) is 2. The lowest BCUT2D eigenvalue weighted by Gasteiger charge is -2.36. The maximum Gasteiger partial charge on any atom is 0.417 e. The van der Waals surface area contributed by atoms with Crippen molar-refractivity contribution in [2.24, 2.45) is 5.92 Å². The number of amides is 2. The number of anilines is 1. The molecular weight excluding hydrogens is 407 g/mol. The van der Waals surface area contributed by atoms with Crippen LogP contribution in [0.3, 0.4) is 0 Å². The van der Waals surface area contributed by atoms with Crippen molar-refractivity contribution in [3.8, 4) is 0 Å². The van der Waals surface area contributed by atoms with E-state index in [1.54, 1.807) is 6.92 Å². The Morgan fingerprint density at radius 2 is 2.07 bits per heavy atom. The molecule has 1 saturated heterocycles. The summed E-state index contributed by atoms with van der Waals surface area (Å²) >= 11 is 5.62. The predicted molar refractivity (Wildman–Crippen MR) is 107 cm³/mol. The summed E-state index contributed by atoms with van der Waals surface area (Å²) in [6.07, 6.45) is -1.45. The number of likely N-dealkylation sites (tertiary alicyclic amines) is 1. The lowest BCUT2D eigenvalue weighted by molar-refractivity contribution is -0.137. The predicted octanol–water partition coefficient (Wildman–Crippen LogP) is 4.31. The molecule has 2 unspecified atom stereocenters. The monoisotopic (exact) mass is 433 g/mol. The van der Waals surface area contributed by atoms with Crippen molar-refractivity contribution in [1.82, 2.24) is 10.2 Å². The van der Waals surface area contributed by atoms with Crippen LogP contribution in [0.1, 0.15) is 45.1 Å². The van der Waals surface area contributed by atoms with Crippen LogP contribution in [-0.2, 0) is 15.8 Å². The molecule has 1 aliphatic heterocycles. The third kappa shape index (κ3) is 6.89. The average Bonchev–Trinajstić information content (AvgIpc) is 2.67. The van der Waals surface area contributed by atoms with Crippen molar-refractivity contribution in [1.29, 1.82) is 0 Å². The number of carbonyl (C=O) groups is 2. The molecule has 0 saturated carbocycles. The summed E-state index contributed by atoms with van der Waals surface area (Å²) in [5, 5.41) is 5.06. The zero-order valence-electron chi connectivity index (χ0n) is 16.6. The Labute approximate surface area is 174 Å². The molecule has 5 nitrogen and oxygen atoms in total. The van der Waals surface area contributed by atoms with Crippen molar-refractivity contribution < 1.29 is 22.8 Å². The summed E-state index contributed by atoms with van der Waals surface area (Å²) in [6.45, 7) is 5.61. The van der Waals surface area contributed by atoms with E-state index >= 15 is 0 Å². The molecule has 2 amide bonds. The molecule has 0 bridgehead atoms. The second-order valence-electron chi connectivity index (χ2n) is 7.41. The van der Waals surface area contributed by atoms with Crippen LogP contribution in [0.15, 0.2) is 18.2 Å². The Balaban J connectivity index is 1.95. The maximum atomic E-state index is 13.0. The molecule has 0 radical (unpaired) electrons. The van der Waals surface area contributed by atoms with E-state index in [1.807, 2.05) is 11.8 Å². The standard InChI is InChI=1S/C20H27ClF3N3O2/c1-3-5-18(28)25-11-14-6-4-9-27(12-14)13(2)19(29)26-15-7-8-17(21)16(10-15)20(22,23)24/h7-8,10,13-14H,3-6,9,11-12H2,1-2H3,(H,25,28)(H,26,29). The van der Waals surface area contributed by atoms with E-state index in [1.165, 1.54) is 6.07 Å². The second-order valence-corrected chi connectivity index (χ2v) is 7.82. The molecule has 29 heavy (non-hydrogen) atoms. The average molecular weight is 434 g/mol. The summed E-state index contributed by atoms with van der Waals surface area (Å²) in [5.41, 5.74) is -0.926. The fourth-order valence-corrected chi connectivity index (χ4v) is 3.65. The molecule has 1 fully saturated rings. The summed E-state index contributed by atoms with van der Waals surface area (Å²) in [7, 11) is 0. The molecule has 2 rings (SSSR count). The molecule has 9 heteroatoms. The number of nitrogens with zero attached hydrogens (tertiary/aromatic N) is 1. The Morgan fingerprint density at radius 1 is 1.34 bits per heavy atom. The number of piperidine rings is 1. The molecule has 1 aromatic carbocycles. The van der Waals surface area contributed by atoms with Crippen LogP contribution in [-0.4, -0.2) is 42.4 Å². The van der Waals surface area contributed by atoms with Crippen molar-refractivity contribution in [3.63, 3.8) is 0 Å². The third-order valence-corrected chi connectivity index (χ3v) is 5.41. The quantitative estimate of drug-likeness (QED) is 0.673. The van der Waals surface area contributed by atoms with Gasteiger partial charge in [0.25, 0.3) is 0 Å². The van der Waals surface area contributed by atoms with Gasteiger partial charge in [0.05, 0.1) is 16.6 Å². The van der Waals surface area contributed by atoms with E-state index < -0.39 is 22.8 Å². The molecule has 1 heterocycles. The highest BCUT2D eigenvalue weighted by molar-refractivity contribution is 6.31. The van der Waals surface area contributed by atoms with Gasteiger partial charge in [0, 0.05) is 25.2 Å². The van der Waals surface area contributed by atoms with Gasteiger partial charge in [0.2, 0.25) is 11.8 Å². The number of benzene rings is 1. The number of rotatable bonds is 7. The topological polar surface area (TPSA) is 61.4 Å². The van der Waals surface area contributed by atoms with Gasteiger partial charge in [-0.05, 0) is 56.8 Å². The van der Waals surface area contributed by atoms with Gasteiger partial charge in [-0.15, -0.1) is 0 Å². The van der Waals surface area contributed by atoms with Crippen LogP contribution >= 0.6 is 11.6 Å². The highest BCUT2D eigenvalue weighted by Crippen LogP contribution is 2.36. The van der Waals surface area contributed by atoms with E-state index in [0.29, 0.717) is 19.5 Å². The summed E-state index contributed by atoms with van der Waals surface area (Å²) in [4.78, 5) is 26.2. The van der Waals surface area contributed by atoms with Gasteiger partial charge >= 0.3 is 6.18 Å². The highest BCUT2D eigenvalue weighted by atomic mass is 35.5. The van der Waals surface area contributed by atoms with Gasteiger partial charge < -0.3 is 10.6 Å². The first-order chi connectivity index (χ1) is 13.6. The normalized spacial score (nSPS) is 18.9. The first kappa shape index (κ1) is 23.5. The molecule has 0 aliphatic carbocycles. The first-order valence-corrected chi connectivity index (χ1v) is 10.2. The van der Waals surface area contributed by atoms with E-state index in [-0.39, 0.29) is 23.4 Å². The Hall–Kier alpha value is -1.80. The van der Waals surface area contributed by atoms with E-state index in [9.17, 15) is 22.8 Å². The first-order valence-electron chi connectivity index (χ1n) is 9.80. The SMILES string of the molecule is CCCC(=O)NCC1CCCN(C(C)C(=O)Nc2ccc(Cl)c(C(F)(F)F)c2)C1. The van der Waals surface area contributed by atoms with Crippen molar-refractivity contribution in [2.75, 3.05) is 25.0 Å². The van der Waals surface area contributed by atoms with Crippen LogP contribution in [0.25, 0.3) is 0 Å². The zero-order chi connectivity index (χ0) is 21.6. The van der Waals surface area contributed by atoms with Crippen LogP contribution < -0.4 is 10.6 Å². The molecule has 162 valence electrons. The van der Waals surface area contributed by atoms with Gasteiger partial charge in [-0.3, -0.25) is 14.5 Å². The van der Waals surface area contributed by atoms with Gasteiger partial charge in [-0.1, -0.05) is 18.5 Å². The Bertz CT molecular complexity index is 727. The van der Waals surface area contributed by atoms with Crippen molar-refractivity contribution in [3.05, 3.63) is 28.8 Å². The number of carbonyl (C=O) groups excluding carboxylic acids is 2. The van der Waals surface area contributed by atoms with Crippen molar-refractivity contribution >= 4 is 29.1 Å². The number of halogens is 4. The summed E-state index contributed by atoms with van der Waals surface area (Å²) in [5.74, 6) is -0.109. The van der Waals surface area contributed by atoms with Gasteiger partial charge in [-0.25, -0.2) is 0 Å². The van der Waals surface area contributed by atoms with Gasteiger partial charge in [0.15, 0.2) is 0 Å². The number of hydrogen-bond donors (Lipinski definition) is 2. The smallest absolute Gasteiger partial charge is 0.356 e. The summed E-state index contributed by atoms with van der Waals surface area (Å²) < 4.78 is 39.0. The van der Waals surface area contributed by atoms with Crippen LogP contribution in [0.5, 0.6) is 0 Å².